The summed E-state index contributed by atoms with van der Waals surface area (Å²) in [6, 6.07) is 0. The Bertz CT molecular complexity index is 425. The average molecular weight is 232 g/mol. The topological polar surface area (TPSA) is 95.2 Å². The van der Waals surface area contributed by atoms with Crippen LogP contribution < -0.4 is 5.32 Å². The summed E-state index contributed by atoms with van der Waals surface area (Å²) < 4.78 is 24.4. The number of hydrogen-bond acceptors (Lipinski definition) is 4. The maximum Gasteiger partial charge on any atom is 0.246 e. The number of hydrogen-bond donors (Lipinski definition) is 2. The van der Waals surface area contributed by atoms with Crippen LogP contribution in [0.2, 0.25) is 0 Å². The van der Waals surface area contributed by atoms with Crippen LogP contribution in [0.3, 0.4) is 0 Å². The lowest BCUT2D eigenvalue weighted by Crippen LogP contribution is -2.36. The second kappa shape index (κ2) is 4.41. The number of carbonyl (C=O) groups excluding carboxylic acids is 1. The Balaban J connectivity index is 2.84. The number of sulfonamides is 1. The van der Waals surface area contributed by atoms with Crippen LogP contribution in [0, 0.1) is 0 Å². The molecule has 0 saturated carbocycles. The summed E-state index contributed by atoms with van der Waals surface area (Å²) in [6.07, 6.45) is 2.45. The van der Waals surface area contributed by atoms with E-state index < -0.39 is 10.0 Å². The molecule has 1 amide bonds. The molecule has 0 atom stereocenters. The number of amides is 1. The highest BCUT2D eigenvalue weighted by Crippen LogP contribution is 2.10. The molecular formula is C7H12N4O3S. The number of aromatic nitrogens is 2. The van der Waals surface area contributed by atoms with E-state index in [9.17, 15) is 13.2 Å². The van der Waals surface area contributed by atoms with E-state index in [1.807, 2.05) is 0 Å². The van der Waals surface area contributed by atoms with Crippen molar-refractivity contribution in [3.8, 4) is 0 Å². The molecule has 0 bridgehead atoms. The van der Waals surface area contributed by atoms with E-state index in [-0.39, 0.29) is 17.3 Å². The number of likely N-dealkylation sites (N-methyl/N-ethyl adjacent to an activating group) is 2. The first kappa shape index (κ1) is 11.7. The summed E-state index contributed by atoms with van der Waals surface area (Å²) in [5, 5.41) is 8.29. The minimum atomic E-state index is -3.62. The van der Waals surface area contributed by atoms with Crippen molar-refractivity contribution in [1.29, 1.82) is 0 Å². The minimum absolute atomic E-state index is 0.0360. The van der Waals surface area contributed by atoms with Gasteiger partial charge in [-0.15, -0.1) is 0 Å². The number of rotatable bonds is 4. The standard InChI is InChI=1S/C7H12N4O3S/c1-8-7(12)5-11(2)15(13,14)6-3-9-10-4-6/h3-4H,5H2,1-2H3,(H,8,12)(H,9,10). The Hall–Kier alpha value is -1.41. The van der Waals surface area contributed by atoms with Gasteiger partial charge in [0.05, 0.1) is 12.7 Å². The van der Waals surface area contributed by atoms with Gasteiger partial charge in [-0.3, -0.25) is 9.89 Å². The van der Waals surface area contributed by atoms with E-state index >= 15 is 0 Å². The van der Waals surface area contributed by atoms with Gasteiger partial charge in [0.15, 0.2) is 0 Å². The van der Waals surface area contributed by atoms with Crippen LogP contribution in [0.25, 0.3) is 0 Å². The van der Waals surface area contributed by atoms with Gasteiger partial charge < -0.3 is 5.32 Å². The number of H-pyrrole nitrogens is 1. The van der Waals surface area contributed by atoms with E-state index in [2.05, 4.69) is 15.5 Å². The molecule has 0 unspecified atom stereocenters. The predicted molar refractivity (Wildman–Crippen MR) is 52.5 cm³/mol. The van der Waals surface area contributed by atoms with Crippen molar-refractivity contribution in [2.24, 2.45) is 0 Å². The third-order valence-electron chi connectivity index (χ3n) is 1.83. The average Bonchev–Trinajstić information content (AvgIpc) is 2.70. The fourth-order valence-electron chi connectivity index (χ4n) is 0.926. The third-order valence-corrected chi connectivity index (χ3v) is 3.60. The quantitative estimate of drug-likeness (QED) is 0.680. The van der Waals surface area contributed by atoms with Crippen LogP contribution in [-0.2, 0) is 14.8 Å². The Morgan fingerprint density at radius 3 is 2.80 bits per heavy atom. The number of carbonyl (C=O) groups is 1. The zero-order valence-corrected chi connectivity index (χ0v) is 9.21. The van der Waals surface area contributed by atoms with Crippen LogP contribution in [0.15, 0.2) is 17.3 Å². The Morgan fingerprint density at radius 1 is 1.67 bits per heavy atom. The van der Waals surface area contributed by atoms with Crippen molar-refractivity contribution in [2.75, 3.05) is 20.6 Å². The molecule has 1 aromatic heterocycles. The number of nitrogens with one attached hydrogen (secondary N) is 2. The SMILES string of the molecule is CNC(=O)CN(C)S(=O)(=O)c1cn[nH]c1. The second-order valence-electron chi connectivity index (χ2n) is 2.87. The van der Waals surface area contributed by atoms with Gasteiger partial charge in [0.1, 0.15) is 4.90 Å². The molecule has 7 nitrogen and oxygen atoms in total. The summed E-state index contributed by atoms with van der Waals surface area (Å²) in [4.78, 5) is 11.0. The zero-order chi connectivity index (χ0) is 11.5. The Labute approximate surface area is 87.5 Å². The molecule has 0 aromatic carbocycles. The van der Waals surface area contributed by atoms with Crippen molar-refractivity contribution in [1.82, 2.24) is 19.8 Å². The van der Waals surface area contributed by atoms with E-state index in [0.717, 1.165) is 4.31 Å². The molecule has 0 aliphatic carbocycles. The fourth-order valence-corrected chi connectivity index (χ4v) is 1.96. The molecule has 0 aliphatic rings. The molecule has 0 spiro atoms. The summed E-state index contributed by atoms with van der Waals surface area (Å²) in [5.41, 5.74) is 0. The molecular weight excluding hydrogens is 220 g/mol. The Morgan fingerprint density at radius 2 is 2.33 bits per heavy atom. The largest absolute Gasteiger partial charge is 0.358 e. The molecule has 2 N–H and O–H groups in total. The lowest BCUT2D eigenvalue weighted by Gasteiger charge is -2.14. The molecule has 1 rings (SSSR count). The van der Waals surface area contributed by atoms with Crippen LogP contribution in [0.1, 0.15) is 0 Å². The molecule has 0 fully saturated rings. The van der Waals surface area contributed by atoms with Crippen LogP contribution >= 0.6 is 0 Å². The van der Waals surface area contributed by atoms with Crippen molar-refractivity contribution in [2.45, 2.75) is 4.90 Å². The van der Waals surface area contributed by atoms with Crippen molar-refractivity contribution >= 4 is 15.9 Å². The van der Waals surface area contributed by atoms with E-state index in [0.29, 0.717) is 0 Å². The molecule has 1 aromatic rings. The Kier molecular flexibility index (Phi) is 3.43. The highest BCUT2D eigenvalue weighted by molar-refractivity contribution is 7.89. The monoisotopic (exact) mass is 232 g/mol. The molecule has 1 heterocycles. The summed E-state index contributed by atoms with van der Waals surface area (Å²) in [6.45, 7) is -0.218. The normalized spacial score (nSPS) is 11.7. The maximum absolute atomic E-state index is 11.7. The fraction of sp³-hybridized carbons (Fsp3) is 0.429. The van der Waals surface area contributed by atoms with E-state index in [1.165, 1.54) is 26.5 Å². The predicted octanol–water partition coefficient (Wildman–Crippen LogP) is -1.22. The molecule has 8 heteroatoms. The van der Waals surface area contributed by atoms with Crippen LogP contribution in [-0.4, -0.2) is 49.5 Å². The van der Waals surface area contributed by atoms with Gasteiger partial charge >= 0.3 is 0 Å². The summed E-state index contributed by atoms with van der Waals surface area (Å²) >= 11 is 0. The van der Waals surface area contributed by atoms with Crippen LogP contribution in [0.5, 0.6) is 0 Å². The molecule has 0 radical (unpaired) electrons. The van der Waals surface area contributed by atoms with Gasteiger partial charge in [0, 0.05) is 20.3 Å². The molecule has 0 aliphatic heterocycles. The molecule has 84 valence electrons. The first-order chi connectivity index (χ1) is 6.98. The van der Waals surface area contributed by atoms with Crippen molar-refractivity contribution < 1.29 is 13.2 Å². The van der Waals surface area contributed by atoms with Crippen LogP contribution in [0.4, 0.5) is 0 Å². The first-order valence-electron chi connectivity index (χ1n) is 4.14. The second-order valence-corrected chi connectivity index (χ2v) is 4.91. The zero-order valence-electron chi connectivity index (χ0n) is 8.39. The van der Waals surface area contributed by atoms with Crippen molar-refractivity contribution in [3.63, 3.8) is 0 Å². The number of nitrogens with zero attached hydrogens (tertiary/aromatic N) is 2. The van der Waals surface area contributed by atoms with E-state index in [4.69, 9.17) is 0 Å². The minimum Gasteiger partial charge on any atom is -0.358 e. The molecule has 15 heavy (non-hydrogen) atoms. The highest BCUT2D eigenvalue weighted by Gasteiger charge is 2.23. The van der Waals surface area contributed by atoms with Gasteiger partial charge in [-0.1, -0.05) is 0 Å². The van der Waals surface area contributed by atoms with Gasteiger partial charge in [0.2, 0.25) is 15.9 Å². The number of aromatic amines is 1. The van der Waals surface area contributed by atoms with Gasteiger partial charge in [-0.2, -0.15) is 9.40 Å². The molecule has 0 saturated heterocycles. The van der Waals surface area contributed by atoms with Gasteiger partial charge in [-0.25, -0.2) is 8.42 Å². The first-order valence-corrected chi connectivity index (χ1v) is 5.58. The van der Waals surface area contributed by atoms with Gasteiger partial charge in [0.25, 0.3) is 0 Å². The maximum atomic E-state index is 11.7. The van der Waals surface area contributed by atoms with Gasteiger partial charge in [-0.05, 0) is 0 Å². The van der Waals surface area contributed by atoms with Crippen molar-refractivity contribution in [3.05, 3.63) is 12.4 Å². The smallest absolute Gasteiger partial charge is 0.246 e. The third kappa shape index (κ3) is 2.54. The van der Waals surface area contributed by atoms with E-state index in [1.54, 1.807) is 0 Å². The summed E-state index contributed by atoms with van der Waals surface area (Å²) in [7, 11) is -0.846. The highest BCUT2D eigenvalue weighted by atomic mass is 32.2. The lowest BCUT2D eigenvalue weighted by molar-refractivity contribution is -0.120. The lowest BCUT2D eigenvalue weighted by atomic mass is 10.6. The summed E-state index contributed by atoms with van der Waals surface area (Å²) in [5.74, 6) is -0.371.